The number of rotatable bonds is 5. The lowest BCUT2D eigenvalue weighted by atomic mass is 10.0. The molecule has 0 aromatic heterocycles. The van der Waals surface area contributed by atoms with Gasteiger partial charge in [-0.05, 0) is 34.1 Å². The molecule has 0 radical (unpaired) electrons. The van der Waals surface area contributed by atoms with E-state index in [4.69, 9.17) is 9.05 Å². The normalized spacial score (nSPS) is 20.1. The van der Waals surface area contributed by atoms with Gasteiger partial charge >= 0.3 is 7.60 Å². The second-order valence-electron chi connectivity index (χ2n) is 4.21. The Kier molecular flexibility index (Phi) is 4.18. The maximum absolute atomic E-state index is 12.4. The smallest absolute Gasteiger partial charge is 0.376 e. The lowest BCUT2D eigenvalue weighted by molar-refractivity contribution is 0.206. The van der Waals surface area contributed by atoms with E-state index in [-0.39, 0.29) is 18.7 Å². The highest BCUT2D eigenvalue weighted by atomic mass is 31.2. The van der Waals surface area contributed by atoms with Gasteiger partial charge < -0.3 is 19.3 Å². The van der Waals surface area contributed by atoms with E-state index in [2.05, 4.69) is 0 Å². The summed E-state index contributed by atoms with van der Waals surface area (Å²) in [5.74, 6) is 0. The zero-order chi connectivity index (χ0) is 12.4. The molecule has 1 aliphatic rings. The van der Waals surface area contributed by atoms with Gasteiger partial charge in [0, 0.05) is 5.54 Å². The van der Waals surface area contributed by atoms with Crippen molar-refractivity contribution in [2.24, 2.45) is 0 Å². The Bertz CT molecular complexity index is 317. The van der Waals surface area contributed by atoms with Gasteiger partial charge in [0.25, 0.3) is 0 Å². The Hall–Kier alpha value is -0.350. The molecule has 0 spiro atoms. The molecule has 16 heavy (non-hydrogen) atoms. The predicted octanol–water partition coefficient (Wildman–Crippen LogP) is 3.08. The highest BCUT2D eigenvalue weighted by Gasteiger charge is 2.39. The second kappa shape index (κ2) is 4.88. The molecule has 1 aliphatic heterocycles. The van der Waals surface area contributed by atoms with Crippen LogP contribution in [0.25, 0.3) is 0 Å². The van der Waals surface area contributed by atoms with Crippen LogP contribution in [0.3, 0.4) is 0 Å². The van der Waals surface area contributed by atoms with Gasteiger partial charge in [0.15, 0.2) is 0 Å². The van der Waals surface area contributed by atoms with Gasteiger partial charge in [-0.15, -0.1) is 0 Å². The third-order valence-electron chi connectivity index (χ3n) is 2.42. The molecule has 0 amide bonds. The molecular weight excluding hydrogens is 229 g/mol. The van der Waals surface area contributed by atoms with E-state index in [1.54, 1.807) is 33.8 Å². The van der Waals surface area contributed by atoms with Crippen molar-refractivity contribution in [1.82, 2.24) is 5.06 Å². The SMILES string of the molecule is CCOP(=O)(OCC)C1=CCC(C)(C)N1[O-]. The molecule has 0 aromatic carbocycles. The summed E-state index contributed by atoms with van der Waals surface area (Å²) in [5.41, 5.74) is -0.430. The maximum Gasteiger partial charge on any atom is 0.376 e. The Morgan fingerprint density at radius 1 is 1.44 bits per heavy atom. The maximum atomic E-state index is 12.4. The molecule has 0 saturated carbocycles. The van der Waals surface area contributed by atoms with E-state index < -0.39 is 13.1 Å². The van der Waals surface area contributed by atoms with Gasteiger partial charge in [0.2, 0.25) is 0 Å². The average molecular weight is 248 g/mol. The van der Waals surface area contributed by atoms with E-state index in [1.807, 2.05) is 0 Å². The zero-order valence-electron chi connectivity index (χ0n) is 10.2. The fourth-order valence-electron chi connectivity index (χ4n) is 1.55. The number of hydroxylamine groups is 2. The summed E-state index contributed by atoms with van der Waals surface area (Å²) in [6, 6.07) is 0. The van der Waals surface area contributed by atoms with Gasteiger partial charge in [0.05, 0.1) is 13.2 Å². The van der Waals surface area contributed by atoms with Crippen molar-refractivity contribution >= 4 is 7.60 Å². The molecule has 0 N–H and O–H groups in total. The molecule has 1 heterocycles. The minimum atomic E-state index is -3.43. The lowest BCUT2D eigenvalue weighted by Gasteiger charge is -2.42. The van der Waals surface area contributed by atoms with E-state index in [9.17, 15) is 9.77 Å². The summed E-state index contributed by atoms with van der Waals surface area (Å²) >= 11 is 0. The van der Waals surface area contributed by atoms with Crippen LogP contribution in [0.15, 0.2) is 11.5 Å². The Morgan fingerprint density at radius 2 is 1.94 bits per heavy atom. The first kappa shape index (κ1) is 13.7. The third-order valence-corrected chi connectivity index (χ3v) is 4.54. The molecule has 0 unspecified atom stereocenters. The summed E-state index contributed by atoms with van der Waals surface area (Å²) in [4.78, 5) is 0. The zero-order valence-corrected chi connectivity index (χ0v) is 11.1. The van der Waals surface area contributed by atoms with E-state index in [1.165, 1.54) is 0 Å². The number of nitrogens with zero attached hydrogens (tertiary/aromatic N) is 1. The third kappa shape index (κ3) is 2.48. The fourth-order valence-corrected chi connectivity index (χ4v) is 3.38. The molecule has 1 rings (SSSR count). The second-order valence-corrected chi connectivity index (χ2v) is 6.18. The number of hydrogen-bond donors (Lipinski definition) is 0. The van der Waals surface area contributed by atoms with Crippen LogP contribution in [-0.4, -0.2) is 23.8 Å². The van der Waals surface area contributed by atoms with Crippen molar-refractivity contribution in [1.29, 1.82) is 0 Å². The fraction of sp³-hybridized carbons (Fsp3) is 0.800. The average Bonchev–Trinajstić information content (AvgIpc) is 2.43. The summed E-state index contributed by atoms with van der Waals surface area (Å²) in [5, 5.41) is 12.7. The minimum Gasteiger partial charge on any atom is -0.758 e. The molecular formula is C10H19NO4P-. The Labute approximate surface area is 96.5 Å². The van der Waals surface area contributed by atoms with Crippen molar-refractivity contribution in [2.45, 2.75) is 39.7 Å². The van der Waals surface area contributed by atoms with Gasteiger partial charge in [-0.3, -0.25) is 4.57 Å². The molecule has 0 aliphatic carbocycles. The molecule has 0 saturated heterocycles. The van der Waals surface area contributed by atoms with Crippen LogP contribution in [0.5, 0.6) is 0 Å². The molecule has 0 aromatic rings. The van der Waals surface area contributed by atoms with Crippen molar-refractivity contribution in [2.75, 3.05) is 13.2 Å². The van der Waals surface area contributed by atoms with Crippen molar-refractivity contribution in [3.63, 3.8) is 0 Å². The first-order valence-corrected chi connectivity index (χ1v) is 6.99. The van der Waals surface area contributed by atoms with Gasteiger partial charge in [-0.2, -0.15) is 0 Å². The minimum absolute atomic E-state index is 0.140. The van der Waals surface area contributed by atoms with E-state index in [0.717, 1.165) is 5.06 Å². The monoisotopic (exact) mass is 248 g/mol. The highest BCUT2D eigenvalue weighted by Crippen LogP contribution is 2.60. The molecule has 5 nitrogen and oxygen atoms in total. The van der Waals surface area contributed by atoms with Crippen molar-refractivity contribution in [3.8, 4) is 0 Å². The summed E-state index contributed by atoms with van der Waals surface area (Å²) in [7, 11) is -3.43. The molecule has 6 heteroatoms. The van der Waals surface area contributed by atoms with Crippen LogP contribution in [0.4, 0.5) is 0 Å². The largest absolute Gasteiger partial charge is 0.758 e. The molecule has 94 valence electrons. The first-order valence-electron chi connectivity index (χ1n) is 5.44. The van der Waals surface area contributed by atoms with Gasteiger partial charge in [-0.25, -0.2) is 0 Å². The Balaban J connectivity index is 2.94. The predicted molar refractivity (Wildman–Crippen MR) is 62.8 cm³/mol. The van der Waals surface area contributed by atoms with Crippen LogP contribution in [0.2, 0.25) is 0 Å². The first-order chi connectivity index (χ1) is 7.37. The van der Waals surface area contributed by atoms with Crippen LogP contribution < -0.4 is 0 Å². The van der Waals surface area contributed by atoms with Crippen LogP contribution in [-0.2, 0) is 13.6 Å². The molecule has 0 bridgehead atoms. The van der Waals surface area contributed by atoms with Crippen molar-refractivity contribution < 1.29 is 13.6 Å². The Morgan fingerprint density at radius 3 is 2.25 bits per heavy atom. The van der Waals surface area contributed by atoms with Crippen molar-refractivity contribution in [3.05, 3.63) is 16.7 Å². The van der Waals surface area contributed by atoms with E-state index >= 15 is 0 Å². The summed E-state index contributed by atoms with van der Waals surface area (Å²) in [6.45, 7) is 7.55. The lowest BCUT2D eigenvalue weighted by Crippen LogP contribution is -2.34. The summed E-state index contributed by atoms with van der Waals surface area (Å²) < 4.78 is 22.6. The van der Waals surface area contributed by atoms with E-state index in [0.29, 0.717) is 6.42 Å². The van der Waals surface area contributed by atoms with Crippen LogP contribution in [0.1, 0.15) is 34.1 Å². The standard InChI is InChI=1S/C10H19NO4P/c1-5-14-16(13,15-6-2)9-7-8-10(3,4)11(9)12/h7H,5-6,8H2,1-4H3/q-1. The topological polar surface area (TPSA) is 61.8 Å². The highest BCUT2D eigenvalue weighted by molar-refractivity contribution is 7.58. The quantitative estimate of drug-likeness (QED) is 0.699. The van der Waals surface area contributed by atoms with Gasteiger partial charge in [-0.1, -0.05) is 6.08 Å². The van der Waals surface area contributed by atoms with Crippen LogP contribution >= 0.6 is 7.60 Å². The van der Waals surface area contributed by atoms with Crippen LogP contribution in [0, 0.1) is 5.21 Å². The summed E-state index contributed by atoms with van der Waals surface area (Å²) in [6.07, 6.45) is 2.20. The molecule has 0 atom stereocenters. The van der Waals surface area contributed by atoms with Gasteiger partial charge in [0.1, 0.15) is 5.44 Å². The molecule has 0 fully saturated rings. The number of hydrogen-bond acceptors (Lipinski definition) is 5.